The Morgan fingerprint density at radius 2 is 1.82 bits per heavy atom. The van der Waals surface area contributed by atoms with Crippen molar-refractivity contribution in [2.75, 3.05) is 0 Å². The van der Waals surface area contributed by atoms with Gasteiger partial charge in [-0.25, -0.2) is 0 Å². The van der Waals surface area contributed by atoms with E-state index in [0.29, 0.717) is 23.6 Å². The van der Waals surface area contributed by atoms with Gasteiger partial charge < -0.3 is 5.73 Å². The minimum Gasteiger partial charge on any atom is -0.387 e. The molecule has 3 nitrogen and oxygen atoms in total. The highest BCUT2D eigenvalue weighted by Gasteiger charge is 2.43. The SMILES string of the molecule is CC(=O)C1=C(C)C2CC3C=CC=CC3CC2N=C(N)C1(C)C. The average molecular weight is 298 g/mol. The number of hydrogen-bond donors (Lipinski definition) is 1. The molecule has 3 rings (SSSR count). The maximum atomic E-state index is 12.3. The minimum absolute atomic E-state index is 0.127. The molecular weight excluding hydrogens is 272 g/mol. The first-order chi connectivity index (χ1) is 10.3. The number of rotatable bonds is 1. The number of hydrogen-bond acceptors (Lipinski definition) is 3. The summed E-state index contributed by atoms with van der Waals surface area (Å²) in [4.78, 5) is 17.2. The van der Waals surface area contributed by atoms with Crippen LogP contribution in [0.25, 0.3) is 0 Å². The fourth-order valence-electron chi connectivity index (χ4n) is 4.57. The van der Waals surface area contributed by atoms with Gasteiger partial charge in [0.15, 0.2) is 5.78 Å². The summed E-state index contributed by atoms with van der Waals surface area (Å²) in [6.45, 7) is 7.82. The molecule has 0 radical (unpaired) electrons. The van der Waals surface area contributed by atoms with Crippen LogP contribution < -0.4 is 5.73 Å². The Hall–Kier alpha value is -1.64. The minimum atomic E-state index is -0.468. The maximum Gasteiger partial charge on any atom is 0.156 e. The predicted octanol–water partition coefficient (Wildman–Crippen LogP) is 3.43. The third kappa shape index (κ3) is 2.27. The molecule has 0 amide bonds. The lowest BCUT2D eigenvalue weighted by atomic mass is 9.66. The second-order valence-corrected chi connectivity index (χ2v) is 7.50. The topological polar surface area (TPSA) is 55.5 Å². The van der Waals surface area contributed by atoms with Crippen molar-refractivity contribution in [3.63, 3.8) is 0 Å². The number of Topliss-reactive ketones (excluding diaryl/α,β-unsaturated/α-hetero) is 1. The molecule has 0 bridgehead atoms. The van der Waals surface area contributed by atoms with E-state index in [1.54, 1.807) is 6.92 Å². The van der Waals surface area contributed by atoms with Crippen molar-refractivity contribution in [2.24, 2.45) is 33.9 Å². The summed E-state index contributed by atoms with van der Waals surface area (Å²) >= 11 is 0. The van der Waals surface area contributed by atoms with E-state index >= 15 is 0 Å². The number of nitrogens with zero attached hydrogens (tertiary/aromatic N) is 1. The molecule has 1 heterocycles. The fraction of sp³-hybridized carbons (Fsp3) is 0.579. The lowest BCUT2D eigenvalue weighted by molar-refractivity contribution is -0.114. The number of aliphatic imine (C=N–C) groups is 1. The smallest absolute Gasteiger partial charge is 0.156 e. The molecule has 4 atom stereocenters. The van der Waals surface area contributed by atoms with E-state index in [1.807, 2.05) is 13.8 Å². The number of fused-ring (bicyclic) bond motifs is 2. The van der Waals surface area contributed by atoms with Crippen molar-refractivity contribution in [3.05, 3.63) is 35.5 Å². The molecule has 1 fully saturated rings. The molecule has 4 unspecified atom stereocenters. The first-order valence-corrected chi connectivity index (χ1v) is 8.23. The van der Waals surface area contributed by atoms with Gasteiger partial charge in [0.2, 0.25) is 0 Å². The third-order valence-electron chi connectivity index (χ3n) is 5.75. The molecule has 2 N–H and O–H groups in total. The highest BCUT2D eigenvalue weighted by atomic mass is 16.1. The fourth-order valence-corrected chi connectivity index (χ4v) is 4.57. The maximum absolute atomic E-state index is 12.3. The van der Waals surface area contributed by atoms with Crippen molar-refractivity contribution in [2.45, 2.75) is 46.6 Å². The zero-order valence-corrected chi connectivity index (χ0v) is 14.0. The largest absolute Gasteiger partial charge is 0.387 e. The highest BCUT2D eigenvalue weighted by Crippen LogP contribution is 2.46. The Kier molecular flexibility index (Phi) is 3.62. The Bertz CT molecular complexity index is 621. The van der Waals surface area contributed by atoms with Crippen LogP contribution >= 0.6 is 0 Å². The summed E-state index contributed by atoms with van der Waals surface area (Å²) in [5, 5.41) is 0. The zero-order chi connectivity index (χ0) is 16.1. The Morgan fingerprint density at radius 1 is 1.23 bits per heavy atom. The van der Waals surface area contributed by atoms with Crippen molar-refractivity contribution < 1.29 is 4.79 Å². The molecule has 118 valence electrons. The molecule has 0 spiro atoms. The quantitative estimate of drug-likeness (QED) is 0.806. The van der Waals surface area contributed by atoms with Gasteiger partial charge in [-0.05, 0) is 52.4 Å². The summed E-state index contributed by atoms with van der Waals surface area (Å²) in [6, 6.07) is 0.202. The highest BCUT2D eigenvalue weighted by molar-refractivity contribution is 6.04. The Morgan fingerprint density at radius 3 is 2.41 bits per heavy atom. The van der Waals surface area contributed by atoms with Crippen LogP contribution in [0.4, 0.5) is 0 Å². The van der Waals surface area contributed by atoms with Crippen LogP contribution in [-0.2, 0) is 4.79 Å². The number of allylic oxidation sites excluding steroid dienone is 4. The van der Waals surface area contributed by atoms with E-state index in [4.69, 9.17) is 10.7 Å². The van der Waals surface area contributed by atoms with Crippen LogP contribution in [0.15, 0.2) is 40.4 Å². The van der Waals surface area contributed by atoms with Crippen LogP contribution in [0.3, 0.4) is 0 Å². The number of nitrogens with two attached hydrogens (primary N) is 1. The van der Waals surface area contributed by atoms with Crippen molar-refractivity contribution in [3.8, 4) is 0 Å². The normalized spacial score (nSPS) is 36.3. The molecule has 2 aliphatic carbocycles. The van der Waals surface area contributed by atoms with Crippen LogP contribution in [0.2, 0.25) is 0 Å². The van der Waals surface area contributed by atoms with Crippen LogP contribution in [-0.4, -0.2) is 17.7 Å². The molecule has 0 saturated heterocycles. The van der Waals surface area contributed by atoms with E-state index in [9.17, 15) is 4.79 Å². The third-order valence-corrected chi connectivity index (χ3v) is 5.75. The van der Waals surface area contributed by atoms with E-state index in [0.717, 1.165) is 18.4 Å². The molecular formula is C19H26N2O. The number of carbonyl (C=O) groups is 1. The molecule has 0 aromatic carbocycles. The van der Waals surface area contributed by atoms with Crippen LogP contribution in [0.5, 0.6) is 0 Å². The molecule has 1 saturated carbocycles. The van der Waals surface area contributed by atoms with Gasteiger partial charge in [-0.1, -0.05) is 29.9 Å². The molecule has 0 aromatic rings. The van der Waals surface area contributed by atoms with E-state index < -0.39 is 5.41 Å². The number of ketones is 1. The van der Waals surface area contributed by atoms with Gasteiger partial charge in [0.25, 0.3) is 0 Å². The van der Waals surface area contributed by atoms with Gasteiger partial charge in [-0.15, -0.1) is 0 Å². The average Bonchev–Trinajstić information content (AvgIpc) is 2.51. The Labute approximate surface area is 133 Å². The number of carbonyl (C=O) groups excluding carboxylic acids is 1. The molecule has 3 aliphatic rings. The lowest BCUT2D eigenvalue weighted by Gasteiger charge is -2.39. The van der Waals surface area contributed by atoms with Gasteiger partial charge in [0.1, 0.15) is 5.84 Å². The van der Waals surface area contributed by atoms with Gasteiger partial charge in [-0.2, -0.15) is 0 Å². The lowest BCUT2D eigenvalue weighted by Crippen LogP contribution is -2.36. The van der Waals surface area contributed by atoms with Gasteiger partial charge in [0.05, 0.1) is 11.5 Å². The Balaban J connectivity index is 2.08. The molecule has 0 aromatic heterocycles. The summed E-state index contributed by atoms with van der Waals surface area (Å²) in [7, 11) is 0. The van der Waals surface area contributed by atoms with Crippen LogP contribution in [0.1, 0.15) is 40.5 Å². The van der Waals surface area contributed by atoms with E-state index in [-0.39, 0.29) is 11.8 Å². The second kappa shape index (κ2) is 5.22. The summed E-state index contributed by atoms with van der Waals surface area (Å²) in [5.74, 6) is 2.18. The van der Waals surface area contributed by atoms with Crippen LogP contribution in [0, 0.1) is 23.2 Å². The van der Waals surface area contributed by atoms with Crippen molar-refractivity contribution in [1.82, 2.24) is 0 Å². The number of amidine groups is 1. The standard InChI is InChI=1S/C19H26N2O/c1-11-15-9-13-7-5-6-8-14(13)10-16(15)21-18(20)19(3,4)17(11)12(2)22/h5-8,13-16H,9-10H2,1-4H3,(H2,20,21). The first-order valence-electron chi connectivity index (χ1n) is 8.23. The molecule has 1 aliphatic heterocycles. The monoisotopic (exact) mass is 298 g/mol. The predicted molar refractivity (Wildman–Crippen MR) is 90.6 cm³/mol. The first kappa shape index (κ1) is 15.3. The van der Waals surface area contributed by atoms with Crippen molar-refractivity contribution in [1.29, 1.82) is 0 Å². The van der Waals surface area contributed by atoms with Gasteiger partial charge in [-0.3, -0.25) is 9.79 Å². The zero-order valence-electron chi connectivity index (χ0n) is 14.0. The van der Waals surface area contributed by atoms with Gasteiger partial charge >= 0.3 is 0 Å². The van der Waals surface area contributed by atoms with E-state index in [1.165, 1.54) is 5.57 Å². The van der Waals surface area contributed by atoms with Gasteiger partial charge in [0, 0.05) is 11.5 Å². The van der Waals surface area contributed by atoms with E-state index in [2.05, 4.69) is 31.2 Å². The molecule has 22 heavy (non-hydrogen) atoms. The van der Waals surface area contributed by atoms with Crippen molar-refractivity contribution >= 4 is 11.6 Å². The summed E-state index contributed by atoms with van der Waals surface area (Å²) < 4.78 is 0. The summed E-state index contributed by atoms with van der Waals surface area (Å²) in [6.07, 6.45) is 11.0. The summed E-state index contributed by atoms with van der Waals surface area (Å²) in [5.41, 5.74) is 7.91. The second-order valence-electron chi connectivity index (χ2n) is 7.50. The molecule has 3 heteroatoms.